The fraction of sp³-hybridized carbons (Fsp3) is 0.436. The summed E-state index contributed by atoms with van der Waals surface area (Å²) in [5.41, 5.74) is 16.5. The van der Waals surface area contributed by atoms with E-state index >= 15 is 0 Å². The Morgan fingerprint density at radius 1 is 0.600 bits per heavy atom. The number of allylic oxidation sites excluding steroid dienone is 2. The molecule has 0 fully saturated rings. The SMILES string of the molecule is CC1=Cc2c(C(C)C)cc(C(C)C)cc2C1C[Si]c1ccc(C2C(C)=Cc3c(C(C)C)cc(C(C)C)cc32)cc1. The molecule has 40 heavy (non-hydrogen) atoms. The summed E-state index contributed by atoms with van der Waals surface area (Å²) in [7, 11) is 0.817. The molecule has 0 nitrogen and oxygen atoms in total. The van der Waals surface area contributed by atoms with E-state index in [1.807, 2.05) is 0 Å². The van der Waals surface area contributed by atoms with Crippen LogP contribution in [0.15, 0.2) is 59.7 Å². The Morgan fingerprint density at radius 3 is 1.62 bits per heavy atom. The molecule has 0 aromatic heterocycles. The molecule has 2 aliphatic carbocycles. The maximum Gasteiger partial charge on any atom is 0.0817 e. The molecule has 208 valence electrons. The van der Waals surface area contributed by atoms with Crippen molar-refractivity contribution in [1.82, 2.24) is 0 Å². The lowest BCUT2D eigenvalue weighted by atomic mass is 9.84. The molecule has 0 saturated heterocycles. The van der Waals surface area contributed by atoms with Crippen molar-refractivity contribution in [1.29, 1.82) is 0 Å². The van der Waals surface area contributed by atoms with Gasteiger partial charge in [-0.15, -0.1) is 0 Å². The molecule has 2 radical (unpaired) electrons. The Labute approximate surface area is 246 Å². The number of fused-ring (bicyclic) bond motifs is 2. The minimum absolute atomic E-state index is 0.374. The zero-order valence-corrected chi connectivity index (χ0v) is 27.4. The van der Waals surface area contributed by atoms with Crippen molar-refractivity contribution in [2.75, 3.05) is 0 Å². The van der Waals surface area contributed by atoms with Crippen molar-refractivity contribution in [3.05, 3.63) is 110 Å². The first-order chi connectivity index (χ1) is 19.0. The molecular formula is C39H48Si. The van der Waals surface area contributed by atoms with Gasteiger partial charge in [-0.05, 0) is 93.6 Å². The average Bonchev–Trinajstić information content (AvgIpc) is 3.40. The second-order valence-corrected chi connectivity index (χ2v) is 14.9. The van der Waals surface area contributed by atoms with Crippen molar-refractivity contribution in [3.63, 3.8) is 0 Å². The van der Waals surface area contributed by atoms with Crippen LogP contribution in [0, 0.1) is 0 Å². The lowest BCUT2D eigenvalue weighted by Gasteiger charge is -2.21. The van der Waals surface area contributed by atoms with Crippen LogP contribution in [0.2, 0.25) is 6.04 Å². The van der Waals surface area contributed by atoms with Gasteiger partial charge in [-0.3, -0.25) is 0 Å². The summed E-state index contributed by atoms with van der Waals surface area (Å²) in [6.45, 7) is 23.3. The summed E-state index contributed by atoms with van der Waals surface area (Å²) in [6.07, 6.45) is 4.94. The molecule has 0 amide bonds. The zero-order chi connectivity index (χ0) is 28.9. The minimum atomic E-state index is 0.374. The lowest BCUT2D eigenvalue weighted by Crippen LogP contribution is -2.17. The van der Waals surface area contributed by atoms with Crippen LogP contribution in [0.4, 0.5) is 0 Å². The Bertz CT molecular complexity index is 1460. The Morgan fingerprint density at radius 2 is 1.10 bits per heavy atom. The van der Waals surface area contributed by atoms with E-state index < -0.39 is 0 Å². The maximum absolute atomic E-state index is 2.51. The molecule has 2 aliphatic rings. The summed E-state index contributed by atoms with van der Waals surface area (Å²) in [5.74, 6) is 3.10. The second kappa shape index (κ2) is 11.3. The van der Waals surface area contributed by atoms with E-state index in [-0.39, 0.29) is 0 Å². The van der Waals surface area contributed by atoms with Crippen molar-refractivity contribution < 1.29 is 0 Å². The van der Waals surface area contributed by atoms with Crippen molar-refractivity contribution in [2.24, 2.45) is 0 Å². The number of benzene rings is 3. The average molecular weight is 545 g/mol. The molecule has 1 heteroatoms. The standard InChI is InChI=1S/C39H48Si/c1-22(2)29-17-32(24(5)6)34-15-26(9)38(36(34)19-29)21-40-31-13-11-28(12-14-31)39-27(10)16-35-33(25(7)8)18-30(23(3)4)20-37(35)39/h11-20,22-25,38-39H,21H2,1-10H3. The molecule has 0 aliphatic heterocycles. The number of hydrogen-bond acceptors (Lipinski definition) is 0. The summed E-state index contributed by atoms with van der Waals surface area (Å²) >= 11 is 0. The smallest absolute Gasteiger partial charge is 0.0655 e. The van der Waals surface area contributed by atoms with Crippen molar-refractivity contribution in [3.8, 4) is 0 Å². The van der Waals surface area contributed by atoms with Gasteiger partial charge in [-0.25, -0.2) is 0 Å². The molecule has 3 aromatic carbocycles. The van der Waals surface area contributed by atoms with Gasteiger partial charge in [-0.1, -0.05) is 132 Å². The van der Waals surface area contributed by atoms with Crippen LogP contribution in [-0.2, 0) is 0 Å². The summed E-state index contributed by atoms with van der Waals surface area (Å²) in [4.78, 5) is 0. The number of rotatable bonds is 8. The summed E-state index contributed by atoms with van der Waals surface area (Å²) in [5, 5.41) is 1.48. The van der Waals surface area contributed by atoms with Crippen LogP contribution in [0.5, 0.6) is 0 Å². The molecule has 0 bridgehead atoms. The minimum Gasteiger partial charge on any atom is -0.0655 e. The van der Waals surface area contributed by atoms with Crippen LogP contribution in [0.1, 0.15) is 155 Å². The van der Waals surface area contributed by atoms with Gasteiger partial charge in [0.25, 0.3) is 0 Å². The Hall–Kier alpha value is -2.64. The van der Waals surface area contributed by atoms with E-state index in [0.29, 0.717) is 35.5 Å². The van der Waals surface area contributed by atoms with Crippen LogP contribution >= 0.6 is 0 Å². The highest BCUT2D eigenvalue weighted by Crippen LogP contribution is 2.45. The highest BCUT2D eigenvalue weighted by Gasteiger charge is 2.29. The third kappa shape index (κ3) is 5.35. The van der Waals surface area contributed by atoms with E-state index in [2.05, 4.69) is 130 Å². The van der Waals surface area contributed by atoms with Crippen LogP contribution < -0.4 is 5.19 Å². The van der Waals surface area contributed by atoms with E-state index in [1.54, 1.807) is 5.56 Å². The normalized spacial score (nSPS) is 18.1. The first kappa shape index (κ1) is 28.9. The topological polar surface area (TPSA) is 0 Å². The van der Waals surface area contributed by atoms with E-state index in [1.165, 1.54) is 66.9 Å². The van der Waals surface area contributed by atoms with Gasteiger partial charge in [0.1, 0.15) is 0 Å². The molecule has 0 N–H and O–H groups in total. The van der Waals surface area contributed by atoms with Gasteiger partial charge >= 0.3 is 0 Å². The molecular weight excluding hydrogens is 497 g/mol. The van der Waals surface area contributed by atoms with Gasteiger partial charge in [0, 0.05) is 11.8 Å². The largest absolute Gasteiger partial charge is 0.0817 e. The van der Waals surface area contributed by atoms with Gasteiger partial charge < -0.3 is 0 Å². The fourth-order valence-electron chi connectivity index (χ4n) is 6.78. The van der Waals surface area contributed by atoms with Gasteiger partial charge in [-0.2, -0.15) is 0 Å². The predicted octanol–water partition coefficient (Wildman–Crippen LogP) is 10.7. The fourth-order valence-corrected chi connectivity index (χ4v) is 8.17. The molecule has 0 saturated carbocycles. The van der Waals surface area contributed by atoms with Crippen molar-refractivity contribution >= 4 is 26.9 Å². The Kier molecular flexibility index (Phi) is 8.17. The quantitative estimate of drug-likeness (QED) is 0.247. The van der Waals surface area contributed by atoms with Crippen molar-refractivity contribution in [2.45, 2.75) is 111 Å². The highest BCUT2D eigenvalue weighted by atomic mass is 28.2. The lowest BCUT2D eigenvalue weighted by molar-refractivity contribution is 0.818. The third-order valence-electron chi connectivity index (χ3n) is 9.30. The second-order valence-electron chi connectivity index (χ2n) is 13.6. The van der Waals surface area contributed by atoms with Gasteiger partial charge in [0.2, 0.25) is 0 Å². The van der Waals surface area contributed by atoms with Crippen LogP contribution in [0.3, 0.4) is 0 Å². The highest BCUT2D eigenvalue weighted by molar-refractivity contribution is 6.53. The van der Waals surface area contributed by atoms with Gasteiger partial charge in [0.15, 0.2) is 0 Å². The molecule has 0 spiro atoms. The molecule has 0 heterocycles. The monoisotopic (exact) mass is 544 g/mol. The molecule has 3 aromatic rings. The van der Waals surface area contributed by atoms with E-state index in [4.69, 9.17) is 0 Å². The molecule has 5 rings (SSSR count). The zero-order valence-electron chi connectivity index (χ0n) is 26.4. The first-order valence-corrected chi connectivity index (χ1v) is 16.7. The molecule has 2 unspecified atom stereocenters. The summed E-state index contributed by atoms with van der Waals surface area (Å²) in [6, 6.07) is 20.8. The Balaban J connectivity index is 1.38. The third-order valence-corrected chi connectivity index (χ3v) is 10.7. The summed E-state index contributed by atoms with van der Waals surface area (Å²) < 4.78 is 0. The first-order valence-electron chi connectivity index (χ1n) is 15.5. The predicted molar refractivity (Wildman–Crippen MR) is 178 cm³/mol. The van der Waals surface area contributed by atoms with E-state index in [9.17, 15) is 0 Å². The molecule has 2 atom stereocenters. The van der Waals surface area contributed by atoms with Crippen LogP contribution in [-0.4, -0.2) is 9.52 Å². The van der Waals surface area contributed by atoms with Crippen LogP contribution in [0.25, 0.3) is 12.2 Å². The van der Waals surface area contributed by atoms with E-state index in [0.717, 1.165) is 9.52 Å². The maximum atomic E-state index is 2.51. The van der Waals surface area contributed by atoms with Gasteiger partial charge in [0.05, 0.1) is 9.52 Å². The number of hydrogen-bond donors (Lipinski definition) is 0.